The van der Waals surface area contributed by atoms with Crippen molar-refractivity contribution in [3.8, 4) is 5.82 Å². The number of hydrogen-bond donors (Lipinski definition) is 1. The van der Waals surface area contributed by atoms with Crippen LogP contribution in [0.15, 0.2) is 53.3 Å². The minimum atomic E-state index is -0.600. The van der Waals surface area contributed by atoms with Crippen LogP contribution in [0.1, 0.15) is 28.5 Å². The van der Waals surface area contributed by atoms with E-state index in [4.69, 9.17) is 4.74 Å². The number of carbonyl (C=O) groups excluding carboxylic acids is 2. The zero-order chi connectivity index (χ0) is 20.1. The van der Waals surface area contributed by atoms with E-state index in [9.17, 15) is 9.59 Å². The number of amides is 1. The second kappa shape index (κ2) is 8.79. The third-order valence-electron chi connectivity index (χ3n) is 4.02. The van der Waals surface area contributed by atoms with Crippen LogP contribution in [0.3, 0.4) is 0 Å². The molecule has 0 unspecified atom stereocenters. The summed E-state index contributed by atoms with van der Waals surface area (Å²) in [5.74, 6) is -0.411. The van der Waals surface area contributed by atoms with Gasteiger partial charge in [0, 0.05) is 10.7 Å². The summed E-state index contributed by atoms with van der Waals surface area (Å²) < 4.78 is 7.54. The standard InChI is InChI=1S/C20H19BrN4O3/c1-3-17-14(11-23-25(17)18-6-4-5-9-22-18)20(27)28-12-19(26)24-16-8-7-13(2)10-15(16)21/h4-11H,3,12H2,1-2H3,(H,24,26). The van der Waals surface area contributed by atoms with Gasteiger partial charge in [0.15, 0.2) is 12.4 Å². The van der Waals surface area contributed by atoms with Crippen LogP contribution in [0.4, 0.5) is 5.69 Å². The lowest BCUT2D eigenvalue weighted by Gasteiger charge is -2.09. The van der Waals surface area contributed by atoms with Crippen molar-refractivity contribution in [3.63, 3.8) is 0 Å². The van der Waals surface area contributed by atoms with Gasteiger partial charge in [-0.05, 0) is 59.1 Å². The largest absolute Gasteiger partial charge is 0.452 e. The third-order valence-corrected chi connectivity index (χ3v) is 4.68. The summed E-state index contributed by atoms with van der Waals surface area (Å²) in [6, 6.07) is 11.0. The zero-order valence-corrected chi connectivity index (χ0v) is 17.1. The molecule has 3 rings (SSSR count). The van der Waals surface area contributed by atoms with Gasteiger partial charge in [0.1, 0.15) is 5.56 Å². The predicted molar refractivity (Wildman–Crippen MR) is 109 cm³/mol. The van der Waals surface area contributed by atoms with Crippen LogP contribution in [0.2, 0.25) is 0 Å². The first-order valence-corrected chi connectivity index (χ1v) is 9.50. The van der Waals surface area contributed by atoms with Gasteiger partial charge in [-0.25, -0.2) is 14.5 Å². The van der Waals surface area contributed by atoms with Crippen molar-refractivity contribution in [1.82, 2.24) is 14.8 Å². The molecule has 2 aromatic heterocycles. The summed E-state index contributed by atoms with van der Waals surface area (Å²) in [4.78, 5) is 28.8. The molecule has 2 heterocycles. The molecule has 0 spiro atoms. The topological polar surface area (TPSA) is 86.1 Å². The van der Waals surface area contributed by atoms with Crippen molar-refractivity contribution in [2.45, 2.75) is 20.3 Å². The molecule has 1 amide bonds. The van der Waals surface area contributed by atoms with Crippen molar-refractivity contribution in [2.24, 2.45) is 0 Å². The monoisotopic (exact) mass is 442 g/mol. The summed E-state index contributed by atoms with van der Waals surface area (Å²) in [5.41, 5.74) is 2.67. The number of benzene rings is 1. The van der Waals surface area contributed by atoms with E-state index in [-0.39, 0.29) is 0 Å². The first-order chi connectivity index (χ1) is 13.5. The van der Waals surface area contributed by atoms with Crippen molar-refractivity contribution < 1.29 is 14.3 Å². The number of halogens is 1. The van der Waals surface area contributed by atoms with Gasteiger partial charge in [0.2, 0.25) is 0 Å². The summed E-state index contributed by atoms with van der Waals surface area (Å²) in [7, 11) is 0. The van der Waals surface area contributed by atoms with Crippen LogP contribution in [-0.4, -0.2) is 33.2 Å². The fourth-order valence-electron chi connectivity index (χ4n) is 2.68. The molecule has 7 nitrogen and oxygen atoms in total. The predicted octanol–water partition coefficient (Wildman–Crippen LogP) is 3.70. The Morgan fingerprint density at radius 3 is 2.75 bits per heavy atom. The summed E-state index contributed by atoms with van der Waals surface area (Å²) in [6.45, 7) is 3.47. The van der Waals surface area contributed by atoms with Gasteiger partial charge >= 0.3 is 5.97 Å². The molecular formula is C20H19BrN4O3. The number of ether oxygens (including phenoxy) is 1. The van der Waals surface area contributed by atoms with E-state index < -0.39 is 18.5 Å². The van der Waals surface area contributed by atoms with Crippen molar-refractivity contribution in [2.75, 3.05) is 11.9 Å². The highest BCUT2D eigenvalue weighted by atomic mass is 79.9. The number of pyridine rings is 1. The number of hydrogen-bond acceptors (Lipinski definition) is 5. The van der Waals surface area contributed by atoms with E-state index in [2.05, 4.69) is 31.3 Å². The summed E-state index contributed by atoms with van der Waals surface area (Å²) >= 11 is 3.40. The maximum Gasteiger partial charge on any atom is 0.342 e. The second-order valence-electron chi connectivity index (χ2n) is 6.07. The molecule has 0 saturated heterocycles. The minimum absolute atomic E-state index is 0.317. The maximum absolute atomic E-state index is 12.5. The number of carbonyl (C=O) groups is 2. The van der Waals surface area contributed by atoms with Gasteiger partial charge in [-0.15, -0.1) is 0 Å². The highest BCUT2D eigenvalue weighted by Gasteiger charge is 2.20. The number of rotatable bonds is 6. The average molecular weight is 443 g/mol. The maximum atomic E-state index is 12.5. The fourth-order valence-corrected chi connectivity index (χ4v) is 3.27. The number of aromatic nitrogens is 3. The second-order valence-corrected chi connectivity index (χ2v) is 6.92. The van der Waals surface area contributed by atoms with Crippen LogP contribution < -0.4 is 5.32 Å². The normalized spacial score (nSPS) is 10.5. The van der Waals surface area contributed by atoms with Gasteiger partial charge in [0.05, 0.1) is 17.6 Å². The molecule has 3 aromatic rings. The van der Waals surface area contributed by atoms with Gasteiger partial charge in [0.25, 0.3) is 5.91 Å². The highest BCUT2D eigenvalue weighted by molar-refractivity contribution is 9.10. The summed E-state index contributed by atoms with van der Waals surface area (Å²) in [5, 5.41) is 6.95. The highest BCUT2D eigenvalue weighted by Crippen LogP contribution is 2.23. The molecular weight excluding hydrogens is 424 g/mol. The van der Waals surface area contributed by atoms with Crippen molar-refractivity contribution >= 4 is 33.5 Å². The van der Waals surface area contributed by atoms with E-state index >= 15 is 0 Å². The number of nitrogens with zero attached hydrogens (tertiary/aromatic N) is 3. The quantitative estimate of drug-likeness (QED) is 0.588. The molecule has 8 heteroatoms. The average Bonchev–Trinajstić information content (AvgIpc) is 3.13. The molecule has 0 aliphatic heterocycles. The Hall–Kier alpha value is -3.00. The summed E-state index contributed by atoms with van der Waals surface area (Å²) in [6.07, 6.45) is 3.65. The first-order valence-electron chi connectivity index (χ1n) is 8.71. The van der Waals surface area contributed by atoms with Crippen LogP contribution in [0.5, 0.6) is 0 Å². The minimum Gasteiger partial charge on any atom is -0.452 e. The Balaban J connectivity index is 1.66. The SMILES string of the molecule is CCc1c(C(=O)OCC(=O)Nc2ccc(C)cc2Br)cnn1-c1ccccn1. The molecule has 0 radical (unpaired) electrons. The number of aryl methyl sites for hydroxylation is 1. The van der Waals surface area contributed by atoms with Gasteiger partial charge in [-0.2, -0.15) is 5.10 Å². The molecule has 0 bridgehead atoms. The van der Waals surface area contributed by atoms with E-state index in [1.807, 2.05) is 32.0 Å². The first kappa shape index (κ1) is 19.8. The lowest BCUT2D eigenvalue weighted by Crippen LogP contribution is -2.21. The molecule has 0 fully saturated rings. The third kappa shape index (κ3) is 4.45. The number of nitrogens with one attached hydrogen (secondary N) is 1. The fraction of sp³-hybridized carbons (Fsp3) is 0.200. The van der Waals surface area contributed by atoms with Crippen LogP contribution >= 0.6 is 15.9 Å². The molecule has 0 aliphatic carbocycles. The van der Waals surface area contributed by atoms with E-state index in [1.54, 1.807) is 29.1 Å². The molecule has 0 aliphatic rings. The van der Waals surface area contributed by atoms with Gasteiger partial charge in [-0.3, -0.25) is 4.79 Å². The van der Waals surface area contributed by atoms with Crippen molar-refractivity contribution in [1.29, 1.82) is 0 Å². The Morgan fingerprint density at radius 1 is 1.25 bits per heavy atom. The van der Waals surface area contributed by atoms with E-state index in [0.717, 1.165) is 10.0 Å². The molecule has 28 heavy (non-hydrogen) atoms. The van der Waals surface area contributed by atoms with Gasteiger partial charge < -0.3 is 10.1 Å². The van der Waals surface area contributed by atoms with Crippen LogP contribution in [0, 0.1) is 6.92 Å². The van der Waals surface area contributed by atoms with Crippen LogP contribution in [-0.2, 0) is 16.0 Å². The van der Waals surface area contributed by atoms with Crippen molar-refractivity contribution in [3.05, 3.63) is 70.1 Å². The Morgan fingerprint density at radius 2 is 2.07 bits per heavy atom. The van der Waals surface area contributed by atoms with E-state index in [1.165, 1.54) is 6.20 Å². The number of esters is 1. The zero-order valence-electron chi connectivity index (χ0n) is 15.5. The molecule has 1 aromatic carbocycles. The Kier molecular flexibility index (Phi) is 6.20. The number of anilines is 1. The van der Waals surface area contributed by atoms with Gasteiger partial charge in [-0.1, -0.05) is 19.1 Å². The lowest BCUT2D eigenvalue weighted by atomic mass is 10.2. The Bertz CT molecular complexity index is 1000. The molecule has 0 saturated carbocycles. The Labute approximate surface area is 170 Å². The molecule has 1 N–H and O–H groups in total. The smallest absolute Gasteiger partial charge is 0.342 e. The molecule has 0 atom stereocenters. The van der Waals surface area contributed by atoms with Crippen LogP contribution in [0.25, 0.3) is 5.82 Å². The lowest BCUT2D eigenvalue weighted by molar-refractivity contribution is -0.119. The van der Waals surface area contributed by atoms with E-state index in [0.29, 0.717) is 29.2 Å². The molecule has 144 valence electrons.